The Labute approximate surface area is 107 Å². The highest BCUT2D eigenvalue weighted by Gasteiger charge is 2.02. The Morgan fingerprint density at radius 2 is 1.56 bits per heavy atom. The van der Waals surface area contributed by atoms with Crippen LogP contribution in [0.5, 0.6) is 11.5 Å². The Kier molecular flexibility index (Phi) is 3.72. The number of hydrogen-bond donors (Lipinski definition) is 1. The molecule has 0 unspecified atom stereocenters. The number of nitrogens with two attached hydrogens (primary N) is 1. The van der Waals surface area contributed by atoms with Crippen LogP contribution in [0.1, 0.15) is 11.1 Å². The summed E-state index contributed by atoms with van der Waals surface area (Å²) in [5.41, 5.74) is 8.94. The number of methoxy groups -OCH3 is 2. The van der Waals surface area contributed by atoms with Crippen LogP contribution in [0, 0.1) is 0 Å². The van der Waals surface area contributed by atoms with Crippen LogP contribution >= 0.6 is 0 Å². The van der Waals surface area contributed by atoms with E-state index in [0.29, 0.717) is 11.4 Å². The summed E-state index contributed by atoms with van der Waals surface area (Å²) in [4.78, 5) is 0. The lowest BCUT2D eigenvalue weighted by Gasteiger charge is -2.08. The summed E-state index contributed by atoms with van der Waals surface area (Å²) in [6, 6.07) is 13.9. The number of hydrogen-bond acceptors (Lipinski definition) is 3. The van der Waals surface area contributed by atoms with Crippen LogP contribution in [-0.2, 0) is 6.42 Å². The van der Waals surface area contributed by atoms with Gasteiger partial charge >= 0.3 is 0 Å². The van der Waals surface area contributed by atoms with E-state index in [1.807, 2.05) is 30.3 Å². The maximum atomic E-state index is 5.89. The second kappa shape index (κ2) is 5.45. The zero-order valence-electron chi connectivity index (χ0n) is 10.6. The van der Waals surface area contributed by atoms with Gasteiger partial charge in [0.25, 0.3) is 0 Å². The summed E-state index contributed by atoms with van der Waals surface area (Å²) in [7, 11) is 3.29. The van der Waals surface area contributed by atoms with Gasteiger partial charge in [-0.1, -0.05) is 18.2 Å². The molecule has 3 nitrogen and oxygen atoms in total. The molecular formula is C15H17NO2. The molecule has 0 saturated carbocycles. The molecule has 94 valence electrons. The van der Waals surface area contributed by atoms with Crippen LogP contribution in [0.3, 0.4) is 0 Å². The van der Waals surface area contributed by atoms with E-state index in [9.17, 15) is 0 Å². The first-order chi connectivity index (χ1) is 8.72. The maximum Gasteiger partial charge on any atom is 0.141 e. The monoisotopic (exact) mass is 243 g/mol. The predicted molar refractivity (Wildman–Crippen MR) is 73.2 cm³/mol. The predicted octanol–water partition coefficient (Wildman–Crippen LogP) is 2.88. The molecule has 0 bridgehead atoms. The summed E-state index contributed by atoms with van der Waals surface area (Å²) < 4.78 is 10.3. The fraction of sp³-hybridized carbons (Fsp3) is 0.200. The second-order valence-corrected chi connectivity index (χ2v) is 4.10. The van der Waals surface area contributed by atoms with Crippen molar-refractivity contribution in [3.8, 4) is 11.5 Å². The number of nitrogen functional groups attached to an aromatic ring is 1. The van der Waals surface area contributed by atoms with Gasteiger partial charge in [-0.05, 0) is 41.8 Å². The van der Waals surface area contributed by atoms with Gasteiger partial charge in [-0.3, -0.25) is 0 Å². The highest BCUT2D eigenvalue weighted by molar-refractivity contribution is 5.54. The van der Waals surface area contributed by atoms with E-state index < -0.39 is 0 Å². The number of ether oxygens (including phenoxy) is 2. The molecule has 2 N–H and O–H groups in total. The zero-order chi connectivity index (χ0) is 13.0. The van der Waals surface area contributed by atoms with Gasteiger partial charge in [-0.15, -0.1) is 0 Å². The summed E-state index contributed by atoms with van der Waals surface area (Å²) in [6.45, 7) is 0. The van der Waals surface area contributed by atoms with Gasteiger partial charge in [0.1, 0.15) is 11.5 Å². The summed E-state index contributed by atoms with van der Waals surface area (Å²) in [6.07, 6.45) is 0.845. The van der Waals surface area contributed by atoms with Gasteiger partial charge in [0.15, 0.2) is 0 Å². The van der Waals surface area contributed by atoms with Gasteiger partial charge in [0, 0.05) is 0 Å². The average molecular weight is 243 g/mol. The highest BCUT2D eigenvalue weighted by Crippen LogP contribution is 2.23. The third-order valence-electron chi connectivity index (χ3n) is 2.86. The van der Waals surface area contributed by atoms with Crippen molar-refractivity contribution in [1.82, 2.24) is 0 Å². The molecule has 0 spiro atoms. The number of anilines is 1. The molecule has 0 aliphatic heterocycles. The SMILES string of the molecule is COc1ccc(Cc2ccc(OC)c(N)c2)cc1. The lowest BCUT2D eigenvalue weighted by molar-refractivity contribution is 0.414. The normalized spacial score (nSPS) is 10.1. The Hall–Kier alpha value is -2.16. The molecule has 0 atom stereocenters. The van der Waals surface area contributed by atoms with Crippen LogP contribution in [-0.4, -0.2) is 14.2 Å². The Morgan fingerprint density at radius 3 is 2.11 bits per heavy atom. The Balaban J connectivity index is 2.15. The molecular weight excluding hydrogens is 226 g/mol. The van der Waals surface area contributed by atoms with E-state index in [1.165, 1.54) is 11.1 Å². The minimum absolute atomic E-state index is 0.670. The van der Waals surface area contributed by atoms with E-state index in [-0.39, 0.29) is 0 Å². The molecule has 18 heavy (non-hydrogen) atoms. The maximum absolute atomic E-state index is 5.89. The minimum Gasteiger partial charge on any atom is -0.497 e. The van der Waals surface area contributed by atoms with Crippen LogP contribution in [0.25, 0.3) is 0 Å². The number of benzene rings is 2. The van der Waals surface area contributed by atoms with Crippen molar-refractivity contribution in [3.05, 3.63) is 53.6 Å². The topological polar surface area (TPSA) is 44.5 Å². The summed E-state index contributed by atoms with van der Waals surface area (Å²) in [5, 5.41) is 0. The second-order valence-electron chi connectivity index (χ2n) is 4.10. The Morgan fingerprint density at radius 1 is 0.889 bits per heavy atom. The summed E-state index contributed by atoms with van der Waals surface area (Å²) >= 11 is 0. The first-order valence-electron chi connectivity index (χ1n) is 5.78. The third-order valence-corrected chi connectivity index (χ3v) is 2.86. The van der Waals surface area contributed by atoms with E-state index in [4.69, 9.17) is 15.2 Å². The third kappa shape index (κ3) is 2.74. The lowest BCUT2D eigenvalue weighted by atomic mass is 10.0. The molecule has 0 aliphatic rings. The lowest BCUT2D eigenvalue weighted by Crippen LogP contribution is -1.95. The quantitative estimate of drug-likeness (QED) is 0.840. The molecule has 2 aromatic rings. The molecule has 0 saturated heterocycles. The van der Waals surface area contributed by atoms with Crippen molar-refractivity contribution in [3.63, 3.8) is 0 Å². The van der Waals surface area contributed by atoms with Gasteiger partial charge in [-0.2, -0.15) is 0 Å². The fourth-order valence-corrected chi connectivity index (χ4v) is 1.87. The Bertz CT molecular complexity index is 521. The summed E-state index contributed by atoms with van der Waals surface area (Å²) in [5.74, 6) is 1.58. The van der Waals surface area contributed by atoms with Crippen molar-refractivity contribution in [2.75, 3.05) is 20.0 Å². The standard InChI is InChI=1S/C15H17NO2/c1-17-13-6-3-11(4-7-13)9-12-5-8-15(18-2)14(16)10-12/h3-8,10H,9,16H2,1-2H3. The molecule has 2 rings (SSSR count). The largest absolute Gasteiger partial charge is 0.497 e. The molecule has 0 amide bonds. The van der Waals surface area contributed by atoms with Crippen molar-refractivity contribution in [2.24, 2.45) is 0 Å². The molecule has 0 aliphatic carbocycles. The molecule has 0 fully saturated rings. The van der Waals surface area contributed by atoms with Crippen LogP contribution < -0.4 is 15.2 Å². The molecule has 0 radical (unpaired) electrons. The first kappa shape index (κ1) is 12.3. The molecule has 0 aromatic heterocycles. The minimum atomic E-state index is 0.670. The number of rotatable bonds is 4. The van der Waals surface area contributed by atoms with E-state index in [0.717, 1.165) is 12.2 Å². The zero-order valence-corrected chi connectivity index (χ0v) is 10.6. The van der Waals surface area contributed by atoms with Crippen molar-refractivity contribution in [1.29, 1.82) is 0 Å². The van der Waals surface area contributed by atoms with E-state index in [2.05, 4.69) is 12.1 Å². The first-order valence-corrected chi connectivity index (χ1v) is 5.78. The van der Waals surface area contributed by atoms with E-state index in [1.54, 1.807) is 14.2 Å². The molecule has 0 heterocycles. The highest BCUT2D eigenvalue weighted by atomic mass is 16.5. The smallest absolute Gasteiger partial charge is 0.141 e. The van der Waals surface area contributed by atoms with E-state index >= 15 is 0 Å². The van der Waals surface area contributed by atoms with Gasteiger partial charge in [0.05, 0.1) is 19.9 Å². The van der Waals surface area contributed by atoms with Gasteiger partial charge < -0.3 is 15.2 Å². The van der Waals surface area contributed by atoms with Gasteiger partial charge in [0.2, 0.25) is 0 Å². The van der Waals surface area contributed by atoms with Crippen molar-refractivity contribution in [2.45, 2.75) is 6.42 Å². The molecule has 2 aromatic carbocycles. The van der Waals surface area contributed by atoms with Crippen molar-refractivity contribution < 1.29 is 9.47 Å². The van der Waals surface area contributed by atoms with Crippen LogP contribution in [0.15, 0.2) is 42.5 Å². The fourth-order valence-electron chi connectivity index (χ4n) is 1.87. The van der Waals surface area contributed by atoms with Gasteiger partial charge in [-0.25, -0.2) is 0 Å². The van der Waals surface area contributed by atoms with Crippen LogP contribution in [0.2, 0.25) is 0 Å². The van der Waals surface area contributed by atoms with Crippen molar-refractivity contribution >= 4 is 5.69 Å². The molecule has 3 heteroatoms. The average Bonchev–Trinajstić information content (AvgIpc) is 2.40. The van der Waals surface area contributed by atoms with Crippen LogP contribution in [0.4, 0.5) is 5.69 Å².